The molecule has 5 nitrogen and oxygen atoms in total. The van der Waals surface area contributed by atoms with Crippen molar-refractivity contribution in [2.24, 2.45) is 0 Å². The first-order valence-electron chi connectivity index (χ1n) is 5.97. The summed E-state index contributed by atoms with van der Waals surface area (Å²) in [6.45, 7) is 0. The first kappa shape index (κ1) is 14.0. The molecule has 0 saturated carbocycles. The molecule has 0 radical (unpaired) electrons. The molecule has 1 N–H and O–H groups in total. The van der Waals surface area contributed by atoms with E-state index in [1.54, 1.807) is 7.11 Å². The van der Waals surface area contributed by atoms with Gasteiger partial charge in [0.1, 0.15) is 11.8 Å². The third-order valence-corrected chi connectivity index (χ3v) is 4.52. The minimum Gasteiger partial charge on any atom is -0.496 e. The minimum atomic E-state index is -1.05. The molecule has 0 aliphatic carbocycles. The van der Waals surface area contributed by atoms with E-state index in [0.29, 0.717) is 11.5 Å². The molecular formula is C13H17NO4S. The number of methoxy groups -OCH3 is 2. The number of esters is 1. The lowest BCUT2D eigenvalue weighted by atomic mass is 10.1. The first-order valence-corrected chi connectivity index (χ1v) is 7.46. The third kappa shape index (κ3) is 3.13. The molecule has 3 unspecified atom stereocenters. The standard InChI is InChI=1S/C13H17NO4S/c1-17-12-6-4-3-5-9(12)10-7-19(16)8-11(14-10)13(15)18-2/h3-6,10-11,14H,7-8H2,1-2H3. The van der Waals surface area contributed by atoms with Crippen LogP contribution in [-0.4, -0.2) is 41.9 Å². The Morgan fingerprint density at radius 1 is 1.32 bits per heavy atom. The van der Waals surface area contributed by atoms with Gasteiger partial charge in [-0.1, -0.05) is 18.2 Å². The van der Waals surface area contributed by atoms with Crippen molar-refractivity contribution >= 4 is 16.8 Å². The molecule has 1 saturated heterocycles. The molecule has 0 spiro atoms. The van der Waals surface area contributed by atoms with Crippen molar-refractivity contribution < 1.29 is 18.5 Å². The maximum atomic E-state index is 11.9. The summed E-state index contributed by atoms with van der Waals surface area (Å²) in [6.07, 6.45) is 0. The lowest BCUT2D eigenvalue weighted by Crippen LogP contribution is -2.49. The zero-order chi connectivity index (χ0) is 13.8. The number of carbonyl (C=O) groups excluding carboxylic acids is 1. The van der Waals surface area contributed by atoms with E-state index in [0.717, 1.165) is 11.3 Å². The van der Waals surface area contributed by atoms with Gasteiger partial charge >= 0.3 is 5.97 Å². The Kier molecular flexibility index (Phi) is 4.55. The van der Waals surface area contributed by atoms with Gasteiger partial charge in [-0.3, -0.25) is 14.3 Å². The normalized spacial score (nSPS) is 26.7. The van der Waals surface area contributed by atoms with Gasteiger partial charge in [-0.2, -0.15) is 0 Å². The zero-order valence-electron chi connectivity index (χ0n) is 10.9. The highest BCUT2D eigenvalue weighted by Gasteiger charge is 2.32. The summed E-state index contributed by atoms with van der Waals surface area (Å²) in [7, 11) is 1.87. The Labute approximate surface area is 114 Å². The van der Waals surface area contributed by atoms with Crippen molar-refractivity contribution in [2.75, 3.05) is 25.7 Å². The van der Waals surface area contributed by atoms with E-state index >= 15 is 0 Å². The second kappa shape index (κ2) is 6.16. The van der Waals surface area contributed by atoms with Crippen LogP contribution in [0.15, 0.2) is 24.3 Å². The van der Waals surface area contributed by atoms with Crippen molar-refractivity contribution in [3.63, 3.8) is 0 Å². The molecule has 3 atom stereocenters. The lowest BCUT2D eigenvalue weighted by molar-refractivity contribution is -0.142. The van der Waals surface area contributed by atoms with E-state index in [9.17, 15) is 9.00 Å². The molecule has 2 rings (SSSR count). The molecule has 1 fully saturated rings. The van der Waals surface area contributed by atoms with Crippen LogP contribution in [0.5, 0.6) is 5.75 Å². The van der Waals surface area contributed by atoms with Crippen molar-refractivity contribution in [1.29, 1.82) is 0 Å². The highest BCUT2D eigenvalue weighted by atomic mass is 32.2. The maximum Gasteiger partial charge on any atom is 0.323 e. The van der Waals surface area contributed by atoms with Crippen LogP contribution >= 0.6 is 0 Å². The topological polar surface area (TPSA) is 64.6 Å². The van der Waals surface area contributed by atoms with Crippen LogP contribution in [0.2, 0.25) is 0 Å². The number of para-hydroxylation sites is 1. The van der Waals surface area contributed by atoms with Gasteiger partial charge in [0.05, 0.1) is 14.2 Å². The van der Waals surface area contributed by atoms with Crippen LogP contribution < -0.4 is 10.1 Å². The van der Waals surface area contributed by atoms with E-state index < -0.39 is 16.8 Å². The Morgan fingerprint density at radius 2 is 2.05 bits per heavy atom. The number of ether oxygens (including phenoxy) is 2. The van der Waals surface area contributed by atoms with Crippen molar-refractivity contribution in [2.45, 2.75) is 12.1 Å². The van der Waals surface area contributed by atoms with E-state index in [1.807, 2.05) is 24.3 Å². The molecule has 19 heavy (non-hydrogen) atoms. The maximum absolute atomic E-state index is 11.9. The summed E-state index contributed by atoms with van der Waals surface area (Å²) >= 11 is 0. The van der Waals surface area contributed by atoms with Crippen LogP contribution in [0.4, 0.5) is 0 Å². The summed E-state index contributed by atoms with van der Waals surface area (Å²) in [5.41, 5.74) is 0.909. The van der Waals surface area contributed by atoms with Crippen LogP contribution in [0.25, 0.3) is 0 Å². The van der Waals surface area contributed by atoms with Gasteiger partial charge in [0, 0.05) is 33.9 Å². The molecule has 104 valence electrons. The quantitative estimate of drug-likeness (QED) is 0.824. The van der Waals surface area contributed by atoms with Crippen LogP contribution in [0.3, 0.4) is 0 Å². The average molecular weight is 283 g/mol. The number of hydrogen-bond donors (Lipinski definition) is 1. The Balaban J connectivity index is 2.24. The SMILES string of the molecule is COC(=O)C1CS(=O)CC(c2ccccc2OC)N1. The lowest BCUT2D eigenvalue weighted by Gasteiger charge is -2.29. The largest absolute Gasteiger partial charge is 0.496 e. The number of hydrogen-bond acceptors (Lipinski definition) is 5. The fourth-order valence-corrected chi connectivity index (χ4v) is 3.58. The third-order valence-electron chi connectivity index (χ3n) is 3.11. The Hall–Kier alpha value is -1.40. The van der Waals surface area contributed by atoms with Crippen LogP contribution in [0.1, 0.15) is 11.6 Å². The number of benzene rings is 1. The zero-order valence-corrected chi connectivity index (χ0v) is 11.7. The van der Waals surface area contributed by atoms with Crippen molar-refractivity contribution in [3.8, 4) is 5.75 Å². The van der Waals surface area contributed by atoms with Crippen molar-refractivity contribution in [3.05, 3.63) is 29.8 Å². The second-order valence-electron chi connectivity index (χ2n) is 4.31. The molecular weight excluding hydrogens is 266 g/mol. The Morgan fingerprint density at radius 3 is 2.74 bits per heavy atom. The summed E-state index contributed by atoms with van der Waals surface area (Å²) in [5, 5.41) is 3.18. The molecule has 6 heteroatoms. The number of nitrogens with one attached hydrogen (secondary N) is 1. The van der Waals surface area contributed by atoms with Crippen LogP contribution in [-0.2, 0) is 20.3 Å². The molecule has 1 aromatic carbocycles. The first-order chi connectivity index (χ1) is 9.15. The van der Waals surface area contributed by atoms with E-state index in [1.165, 1.54) is 7.11 Å². The summed E-state index contributed by atoms with van der Waals surface area (Å²) in [4.78, 5) is 11.6. The van der Waals surface area contributed by atoms with Gasteiger partial charge in [0.25, 0.3) is 0 Å². The van der Waals surface area contributed by atoms with E-state index in [2.05, 4.69) is 5.32 Å². The molecule has 0 amide bonds. The number of rotatable bonds is 3. The summed E-state index contributed by atoms with van der Waals surface area (Å²) in [5.74, 6) is 1.10. The van der Waals surface area contributed by atoms with Gasteiger partial charge in [0.2, 0.25) is 0 Å². The molecule has 1 aliphatic heterocycles. The predicted molar refractivity (Wildman–Crippen MR) is 72.6 cm³/mol. The molecule has 0 bridgehead atoms. The van der Waals surface area contributed by atoms with E-state index in [-0.39, 0.29) is 12.0 Å². The van der Waals surface area contributed by atoms with Gasteiger partial charge in [-0.05, 0) is 6.07 Å². The Bertz CT molecular complexity index is 491. The van der Waals surface area contributed by atoms with E-state index in [4.69, 9.17) is 9.47 Å². The van der Waals surface area contributed by atoms with Gasteiger partial charge in [-0.25, -0.2) is 0 Å². The smallest absolute Gasteiger partial charge is 0.323 e. The predicted octanol–water partition coefficient (Wildman–Crippen LogP) is 0.630. The van der Waals surface area contributed by atoms with Gasteiger partial charge < -0.3 is 9.47 Å². The fourth-order valence-electron chi connectivity index (χ4n) is 2.19. The van der Waals surface area contributed by atoms with Gasteiger partial charge in [-0.15, -0.1) is 0 Å². The fraction of sp³-hybridized carbons (Fsp3) is 0.462. The second-order valence-corrected chi connectivity index (χ2v) is 5.86. The summed E-state index contributed by atoms with van der Waals surface area (Å²) in [6, 6.07) is 6.82. The number of carbonyl (C=O) groups is 1. The monoisotopic (exact) mass is 283 g/mol. The minimum absolute atomic E-state index is 0.171. The highest BCUT2D eigenvalue weighted by molar-refractivity contribution is 7.85. The molecule has 1 aromatic rings. The van der Waals surface area contributed by atoms with Crippen molar-refractivity contribution in [1.82, 2.24) is 5.32 Å². The van der Waals surface area contributed by atoms with Crippen LogP contribution in [0, 0.1) is 0 Å². The molecule has 1 heterocycles. The molecule has 0 aromatic heterocycles. The highest BCUT2D eigenvalue weighted by Crippen LogP contribution is 2.27. The molecule has 1 aliphatic rings. The van der Waals surface area contributed by atoms with Gasteiger partial charge in [0.15, 0.2) is 0 Å². The average Bonchev–Trinajstić information content (AvgIpc) is 2.45. The summed E-state index contributed by atoms with van der Waals surface area (Å²) < 4.78 is 21.9.